The lowest BCUT2D eigenvalue weighted by Crippen LogP contribution is -2.53. The molecule has 24 heavy (non-hydrogen) atoms. The molecule has 0 aromatic carbocycles. The fourth-order valence-electron chi connectivity index (χ4n) is 2.48. The number of aliphatic hydroxyl groups is 3. The molecule has 0 aliphatic carbocycles. The predicted octanol–water partition coefficient (Wildman–Crippen LogP) is 2.43. The summed E-state index contributed by atoms with van der Waals surface area (Å²) in [7, 11) is 0. The summed E-state index contributed by atoms with van der Waals surface area (Å²) in [5.41, 5.74) is 0.510. The largest absolute Gasteiger partial charge is 0.394 e. The predicted molar refractivity (Wildman–Crippen MR) is 103 cm³/mol. The van der Waals surface area contributed by atoms with Crippen LogP contribution >= 0.6 is 0 Å². The first-order valence-corrected chi connectivity index (χ1v) is 9.27. The zero-order chi connectivity index (χ0) is 19.6. The fourth-order valence-corrected chi connectivity index (χ4v) is 2.48. The molecule has 2 unspecified atom stereocenters. The van der Waals surface area contributed by atoms with Gasteiger partial charge in [-0.25, -0.2) is 0 Å². The van der Waals surface area contributed by atoms with Crippen molar-refractivity contribution in [2.75, 3.05) is 13.2 Å². The van der Waals surface area contributed by atoms with Crippen molar-refractivity contribution in [1.29, 1.82) is 0 Å². The van der Waals surface area contributed by atoms with Crippen LogP contribution < -0.4 is 10.6 Å². The summed E-state index contributed by atoms with van der Waals surface area (Å²) >= 11 is 0. The fraction of sp³-hybridized carbons (Fsp3) is 1.00. The van der Waals surface area contributed by atoms with E-state index in [1.54, 1.807) is 0 Å². The number of β-amino-alcohol motifs (C(OH)–C–C–N with tert-alkyl or cyclic N) is 1. The maximum absolute atomic E-state index is 9.21. The third-order valence-corrected chi connectivity index (χ3v) is 4.14. The van der Waals surface area contributed by atoms with E-state index in [-0.39, 0.29) is 17.6 Å². The van der Waals surface area contributed by atoms with E-state index < -0.39 is 18.8 Å². The van der Waals surface area contributed by atoms with Gasteiger partial charge in [0.05, 0.1) is 12.7 Å². The van der Waals surface area contributed by atoms with E-state index in [1.807, 2.05) is 20.8 Å². The number of aliphatic hydroxyl groups excluding tert-OH is 3. The zero-order valence-corrected chi connectivity index (χ0v) is 17.5. The van der Waals surface area contributed by atoms with Gasteiger partial charge in [0, 0.05) is 23.2 Å². The highest BCUT2D eigenvalue weighted by molar-refractivity contribution is 4.89. The summed E-state index contributed by atoms with van der Waals surface area (Å²) in [6.07, 6.45) is 1.69. The van der Waals surface area contributed by atoms with Crippen LogP contribution in [-0.2, 0) is 0 Å². The van der Waals surface area contributed by atoms with Crippen molar-refractivity contribution >= 4 is 0 Å². The topological polar surface area (TPSA) is 84.8 Å². The first kappa shape index (κ1) is 26.0. The molecule has 0 aliphatic rings. The molecule has 0 heterocycles. The van der Waals surface area contributed by atoms with Gasteiger partial charge in [-0.3, -0.25) is 0 Å². The van der Waals surface area contributed by atoms with Gasteiger partial charge in [-0.2, -0.15) is 0 Å². The molecular weight excluding hydrogens is 304 g/mol. The van der Waals surface area contributed by atoms with Gasteiger partial charge in [0.25, 0.3) is 0 Å². The van der Waals surface area contributed by atoms with Crippen LogP contribution in [0.3, 0.4) is 0 Å². The Morgan fingerprint density at radius 3 is 1.38 bits per heavy atom. The summed E-state index contributed by atoms with van der Waals surface area (Å²) in [4.78, 5) is 0. The van der Waals surface area contributed by atoms with E-state index in [0.29, 0.717) is 5.54 Å². The standard InChI is InChI=1S/C11H25N.C8H19NO3/c1-7-11(8-2,9-3)12-10(4,5)6;1-8(2,3)9-4-6(11)7(12)5-10/h12H,7-9H2,1-6H3;6-7,9-12H,4-5H2,1-3H3. The zero-order valence-electron chi connectivity index (χ0n) is 17.5. The lowest BCUT2D eigenvalue weighted by Gasteiger charge is -2.39. The molecule has 2 atom stereocenters. The average Bonchev–Trinajstić information content (AvgIpc) is 2.48. The minimum absolute atomic E-state index is 0.0871. The highest BCUT2D eigenvalue weighted by Crippen LogP contribution is 2.22. The molecule has 5 N–H and O–H groups in total. The van der Waals surface area contributed by atoms with Gasteiger partial charge < -0.3 is 26.0 Å². The van der Waals surface area contributed by atoms with Gasteiger partial charge in [0.1, 0.15) is 6.10 Å². The van der Waals surface area contributed by atoms with Crippen molar-refractivity contribution < 1.29 is 15.3 Å². The van der Waals surface area contributed by atoms with Crippen molar-refractivity contribution in [3.8, 4) is 0 Å². The smallest absolute Gasteiger partial charge is 0.104 e. The first-order valence-electron chi connectivity index (χ1n) is 9.27. The Bertz CT molecular complexity index is 296. The molecule has 148 valence electrons. The van der Waals surface area contributed by atoms with Crippen molar-refractivity contribution in [3.63, 3.8) is 0 Å². The van der Waals surface area contributed by atoms with Gasteiger partial charge in [-0.05, 0) is 60.8 Å². The van der Waals surface area contributed by atoms with Gasteiger partial charge in [-0.15, -0.1) is 0 Å². The Balaban J connectivity index is 0. The summed E-state index contributed by atoms with van der Waals surface area (Å²) in [6.45, 7) is 19.3. The Labute approximate surface area is 150 Å². The van der Waals surface area contributed by atoms with Gasteiger partial charge in [0.2, 0.25) is 0 Å². The molecule has 5 nitrogen and oxygen atoms in total. The summed E-state index contributed by atoms with van der Waals surface area (Å²) < 4.78 is 0. The molecule has 0 saturated heterocycles. The average molecular weight is 349 g/mol. The van der Waals surface area contributed by atoms with Crippen LogP contribution in [-0.4, -0.2) is 57.3 Å². The van der Waals surface area contributed by atoms with E-state index in [0.717, 1.165) is 0 Å². The Morgan fingerprint density at radius 2 is 1.17 bits per heavy atom. The van der Waals surface area contributed by atoms with E-state index in [4.69, 9.17) is 10.2 Å². The molecule has 0 fully saturated rings. The summed E-state index contributed by atoms with van der Waals surface area (Å²) in [6, 6.07) is 0. The second kappa shape index (κ2) is 11.4. The lowest BCUT2D eigenvalue weighted by molar-refractivity contribution is -0.0151. The summed E-state index contributed by atoms with van der Waals surface area (Å²) in [5.74, 6) is 0. The molecule has 0 bridgehead atoms. The van der Waals surface area contributed by atoms with Crippen molar-refractivity contribution in [2.24, 2.45) is 0 Å². The Hall–Kier alpha value is -0.200. The third-order valence-electron chi connectivity index (χ3n) is 4.14. The minimum Gasteiger partial charge on any atom is -0.394 e. The molecule has 0 rings (SSSR count). The molecule has 0 amide bonds. The number of hydrogen-bond acceptors (Lipinski definition) is 5. The second-order valence-electron chi connectivity index (χ2n) is 8.66. The molecule has 0 spiro atoms. The molecule has 0 aromatic rings. The van der Waals surface area contributed by atoms with E-state index >= 15 is 0 Å². The maximum Gasteiger partial charge on any atom is 0.104 e. The van der Waals surface area contributed by atoms with Gasteiger partial charge in [0.15, 0.2) is 0 Å². The van der Waals surface area contributed by atoms with Gasteiger partial charge in [-0.1, -0.05) is 20.8 Å². The molecule has 0 aromatic heterocycles. The Morgan fingerprint density at radius 1 is 0.750 bits per heavy atom. The Kier molecular flexibility index (Phi) is 12.4. The second-order valence-corrected chi connectivity index (χ2v) is 8.66. The van der Waals surface area contributed by atoms with Crippen LogP contribution in [0.1, 0.15) is 81.6 Å². The molecule has 0 aliphatic heterocycles. The van der Waals surface area contributed by atoms with E-state index in [2.05, 4.69) is 52.2 Å². The molecule has 0 radical (unpaired) electrons. The number of rotatable bonds is 8. The molecule has 0 saturated carbocycles. The quantitative estimate of drug-likeness (QED) is 0.465. The SMILES string of the molecule is CC(C)(C)NCC(O)C(O)CO.CCC(CC)(CC)NC(C)(C)C. The molecular formula is C19H44N2O3. The van der Waals surface area contributed by atoms with Crippen LogP contribution in [0.15, 0.2) is 0 Å². The van der Waals surface area contributed by atoms with Gasteiger partial charge >= 0.3 is 0 Å². The minimum atomic E-state index is -1.06. The molecule has 5 heteroatoms. The van der Waals surface area contributed by atoms with Crippen LogP contribution in [0, 0.1) is 0 Å². The van der Waals surface area contributed by atoms with Crippen molar-refractivity contribution in [3.05, 3.63) is 0 Å². The third kappa shape index (κ3) is 13.1. The summed E-state index contributed by atoms with van der Waals surface area (Å²) in [5, 5.41) is 33.4. The van der Waals surface area contributed by atoms with Crippen molar-refractivity contribution in [1.82, 2.24) is 10.6 Å². The number of hydrogen-bond donors (Lipinski definition) is 5. The number of nitrogens with one attached hydrogen (secondary N) is 2. The van der Waals surface area contributed by atoms with Crippen LogP contribution in [0.25, 0.3) is 0 Å². The van der Waals surface area contributed by atoms with E-state index in [9.17, 15) is 5.11 Å². The monoisotopic (exact) mass is 348 g/mol. The first-order chi connectivity index (χ1) is 10.8. The lowest BCUT2D eigenvalue weighted by atomic mass is 9.87. The highest BCUT2D eigenvalue weighted by atomic mass is 16.4. The normalized spacial score (nSPS) is 15.5. The van der Waals surface area contributed by atoms with E-state index in [1.165, 1.54) is 19.3 Å². The van der Waals surface area contributed by atoms with Crippen LogP contribution in [0.5, 0.6) is 0 Å². The highest BCUT2D eigenvalue weighted by Gasteiger charge is 2.28. The van der Waals surface area contributed by atoms with Crippen LogP contribution in [0.4, 0.5) is 0 Å². The maximum atomic E-state index is 9.21. The van der Waals surface area contributed by atoms with Crippen molar-refractivity contribution in [2.45, 2.75) is 110 Å². The van der Waals surface area contributed by atoms with Crippen LogP contribution in [0.2, 0.25) is 0 Å².